The van der Waals surface area contributed by atoms with E-state index in [-0.39, 0.29) is 0 Å². The van der Waals surface area contributed by atoms with Gasteiger partial charge in [0.25, 0.3) is 0 Å². The Kier molecular flexibility index (Phi) is 6.03. The first-order valence-electron chi connectivity index (χ1n) is 10.1. The van der Waals surface area contributed by atoms with Gasteiger partial charge in [0, 0.05) is 23.5 Å². The molecular formula is C24H24N6O. The van der Waals surface area contributed by atoms with E-state index >= 15 is 0 Å². The van der Waals surface area contributed by atoms with Crippen LogP contribution in [0, 0.1) is 0 Å². The Morgan fingerprint density at radius 3 is 2.68 bits per heavy atom. The number of aliphatic imine (C=N–C) groups is 1. The second-order valence-corrected chi connectivity index (χ2v) is 7.19. The molecule has 4 rings (SSSR count). The molecular weight excluding hydrogens is 388 g/mol. The molecule has 7 heteroatoms. The van der Waals surface area contributed by atoms with Crippen LogP contribution in [-0.2, 0) is 0 Å². The van der Waals surface area contributed by atoms with Crippen molar-refractivity contribution in [1.82, 2.24) is 10.2 Å². The smallest absolute Gasteiger partial charge is 0.243 e. The van der Waals surface area contributed by atoms with Crippen molar-refractivity contribution in [2.75, 3.05) is 11.9 Å². The summed E-state index contributed by atoms with van der Waals surface area (Å²) >= 11 is 0. The number of aromatic nitrogens is 2. The SMILES string of the molecule is CC1=NC(=Cc2ccoc(=NN)c2-c2ccnnc2)C(C)=C1CCNc1ccccc1. The molecule has 0 amide bonds. The molecule has 3 heterocycles. The first kappa shape index (κ1) is 20.3. The monoisotopic (exact) mass is 412 g/mol. The van der Waals surface area contributed by atoms with E-state index in [1.807, 2.05) is 36.4 Å². The lowest BCUT2D eigenvalue weighted by molar-refractivity contribution is 0.492. The third-order valence-electron chi connectivity index (χ3n) is 5.25. The van der Waals surface area contributed by atoms with Gasteiger partial charge in [0.2, 0.25) is 5.55 Å². The molecule has 0 bridgehead atoms. The van der Waals surface area contributed by atoms with Gasteiger partial charge in [-0.1, -0.05) is 18.2 Å². The minimum atomic E-state index is 0.329. The molecule has 0 fully saturated rings. The van der Waals surface area contributed by atoms with Gasteiger partial charge < -0.3 is 15.6 Å². The van der Waals surface area contributed by atoms with E-state index in [9.17, 15) is 0 Å². The van der Waals surface area contributed by atoms with Crippen molar-refractivity contribution in [3.8, 4) is 11.1 Å². The number of nitrogens with one attached hydrogen (secondary N) is 1. The third kappa shape index (κ3) is 4.45. The highest BCUT2D eigenvalue weighted by Crippen LogP contribution is 2.30. The van der Waals surface area contributed by atoms with Crippen LogP contribution in [0.1, 0.15) is 25.8 Å². The fourth-order valence-corrected chi connectivity index (χ4v) is 3.68. The Morgan fingerprint density at radius 2 is 1.94 bits per heavy atom. The zero-order chi connectivity index (χ0) is 21.6. The van der Waals surface area contributed by atoms with E-state index < -0.39 is 0 Å². The maximum absolute atomic E-state index is 5.57. The van der Waals surface area contributed by atoms with Gasteiger partial charge in [0.05, 0.1) is 29.9 Å². The number of nitrogens with two attached hydrogens (primary N) is 1. The van der Waals surface area contributed by atoms with Gasteiger partial charge in [-0.25, -0.2) is 0 Å². The van der Waals surface area contributed by atoms with E-state index in [2.05, 4.69) is 46.6 Å². The van der Waals surface area contributed by atoms with Gasteiger partial charge in [-0.3, -0.25) is 4.99 Å². The maximum atomic E-state index is 5.57. The first-order chi connectivity index (χ1) is 15.2. The van der Waals surface area contributed by atoms with Crippen molar-refractivity contribution in [1.29, 1.82) is 0 Å². The summed E-state index contributed by atoms with van der Waals surface area (Å²) in [6.45, 7) is 5.00. The van der Waals surface area contributed by atoms with Crippen LogP contribution in [0.25, 0.3) is 17.2 Å². The predicted octanol–water partition coefficient (Wildman–Crippen LogP) is 4.15. The lowest BCUT2D eigenvalue weighted by Gasteiger charge is -2.09. The third-order valence-corrected chi connectivity index (χ3v) is 5.25. The Labute approximate surface area is 180 Å². The summed E-state index contributed by atoms with van der Waals surface area (Å²) < 4.78 is 5.51. The van der Waals surface area contributed by atoms with Gasteiger partial charge in [0.15, 0.2) is 0 Å². The van der Waals surface area contributed by atoms with Crippen LogP contribution in [0.2, 0.25) is 0 Å². The largest absolute Gasteiger partial charge is 0.445 e. The van der Waals surface area contributed by atoms with Crippen LogP contribution >= 0.6 is 0 Å². The number of para-hydroxylation sites is 1. The molecule has 156 valence electrons. The summed E-state index contributed by atoms with van der Waals surface area (Å²) in [6, 6.07) is 13.9. The van der Waals surface area contributed by atoms with Crippen molar-refractivity contribution < 1.29 is 4.42 Å². The molecule has 0 saturated carbocycles. The van der Waals surface area contributed by atoms with Crippen LogP contribution in [0.4, 0.5) is 5.69 Å². The van der Waals surface area contributed by atoms with E-state index in [1.165, 1.54) is 5.57 Å². The van der Waals surface area contributed by atoms with E-state index in [1.54, 1.807) is 18.7 Å². The zero-order valence-corrected chi connectivity index (χ0v) is 17.5. The van der Waals surface area contributed by atoms with E-state index in [0.717, 1.165) is 52.3 Å². The molecule has 1 aromatic carbocycles. The summed E-state index contributed by atoms with van der Waals surface area (Å²) in [6.07, 6.45) is 7.79. The van der Waals surface area contributed by atoms with Crippen LogP contribution in [0.5, 0.6) is 0 Å². The topological polar surface area (TPSA) is 102 Å². The van der Waals surface area contributed by atoms with Crippen LogP contribution in [-0.4, -0.2) is 22.5 Å². The number of nitrogens with zero attached hydrogens (tertiary/aromatic N) is 4. The van der Waals surface area contributed by atoms with Gasteiger partial charge in [-0.2, -0.15) is 10.2 Å². The van der Waals surface area contributed by atoms with Crippen molar-refractivity contribution in [3.63, 3.8) is 0 Å². The van der Waals surface area contributed by atoms with Crippen LogP contribution < -0.4 is 16.7 Å². The maximum Gasteiger partial charge on any atom is 0.243 e. The molecule has 0 aliphatic carbocycles. The number of rotatable bonds is 6. The molecule has 2 aromatic heterocycles. The number of allylic oxidation sites excluding steroid dienone is 1. The quantitative estimate of drug-likeness (QED) is 0.468. The fraction of sp³-hybridized carbons (Fsp3) is 0.167. The molecule has 0 radical (unpaired) electrons. The molecule has 0 spiro atoms. The number of hydrogen-bond acceptors (Lipinski definition) is 7. The van der Waals surface area contributed by atoms with Gasteiger partial charge in [0.1, 0.15) is 0 Å². The second-order valence-electron chi connectivity index (χ2n) is 7.19. The van der Waals surface area contributed by atoms with Crippen LogP contribution in [0.15, 0.2) is 92.5 Å². The fourth-order valence-electron chi connectivity index (χ4n) is 3.68. The van der Waals surface area contributed by atoms with Gasteiger partial charge in [-0.15, -0.1) is 5.10 Å². The summed E-state index contributed by atoms with van der Waals surface area (Å²) in [5.74, 6) is 5.57. The van der Waals surface area contributed by atoms with Crippen LogP contribution in [0.3, 0.4) is 0 Å². The molecule has 1 aliphatic heterocycles. The highest BCUT2D eigenvalue weighted by molar-refractivity contribution is 6.04. The molecule has 0 saturated heterocycles. The number of hydrogen-bond donors (Lipinski definition) is 2. The zero-order valence-electron chi connectivity index (χ0n) is 17.5. The Balaban J connectivity index is 1.64. The lowest BCUT2D eigenvalue weighted by Crippen LogP contribution is -2.10. The molecule has 0 unspecified atom stereocenters. The van der Waals surface area contributed by atoms with Crippen molar-refractivity contribution in [2.45, 2.75) is 20.3 Å². The first-order valence-corrected chi connectivity index (χ1v) is 10.1. The normalized spacial score (nSPS) is 15.5. The Morgan fingerprint density at radius 1 is 1.10 bits per heavy atom. The summed E-state index contributed by atoms with van der Waals surface area (Å²) in [4.78, 5) is 4.82. The van der Waals surface area contributed by atoms with Crippen molar-refractivity contribution in [2.24, 2.45) is 15.9 Å². The summed E-state index contributed by atoms with van der Waals surface area (Å²) in [5, 5.41) is 15.1. The highest BCUT2D eigenvalue weighted by Gasteiger charge is 2.18. The standard InChI is InChI=1S/C24H24N6O/c1-16-21(9-11-26-20-6-4-3-5-7-20)17(2)29-22(16)14-18-10-13-31-24(30-25)23(18)19-8-12-27-28-15-19/h3-8,10,12-15,26H,9,11,25H2,1-2H3. The van der Waals surface area contributed by atoms with Crippen molar-refractivity contribution >= 4 is 17.5 Å². The summed E-state index contributed by atoms with van der Waals surface area (Å²) in [7, 11) is 0. The minimum Gasteiger partial charge on any atom is -0.445 e. The van der Waals surface area contributed by atoms with E-state index in [0.29, 0.717) is 5.55 Å². The van der Waals surface area contributed by atoms with Gasteiger partial charge in [-0.05, 0) is 67.3 Å². The Hall–Kier alpha value is -4.00. The molecule has 3 N–H and O–H groups in total. The molecule has 7 nitrogen and oxygen atoms in total. The molecule has 0 atom stereocenters. The minimum absolute atomic E-state index is 0.329. The molecule has 31 heavy (non-hydrogen) atoms. The Bertz CT molecular complexity index is 1220. The average Bonchev–Trinajstić information content (AvgIpc) is 3.07. The van der Waals surface area contributed by atoms with E-state index in [4.69, 9.17) is 15.3 Å². The van der Waals surface area contributed by atoms with Crippen molar-refractivity contribution in [3.05, 3.63) is 89.1 Å². The molecule has 1 aliphatic rings. The van der Waals surface area contributed by atoms with Gasteiger partial charge >= 0.3 is 0 Å². The average molecular weight is 412 g/mol. The number of anilines is 1. The highest BCUT2D eigenvalue weighted by atomic mass is 16.3. The molecule has 3 aromatic rings. The predicted molar refractivity (Wildman–Crippen MR) is 123 cm³/mol. The second kappa shape index (κ2) is 9.21. The summed E-state index contributed by atoms with van der Waals surface area (Å²) in [5.41, 5.74) is 8.30. The number of benzene rings is 1. The lowest BCUT2D eigenvalue weighted by atomic mass is 10.00.